The van der Waals surface area contributed by atoms with E-state index in [1.165, 1.54) is 29.3 Å². The Morgan fingerprint density at radius 1 is 1.20 bits per heavy atom. The Morgan fingerprint density at radius 3 is 2.66 bits per heavy atom. The van der Waals surface area contributed by atoms with Gasteiger partial charge in [-0.05, 0) is 19.5 Å². The maximum atomic E-state index is 13.7. The summed E-state index contributed by atoms with van der Waals surface area (Å²) in [5.74, 6) is 0.390. The van der Waals surface area contributed by atoms with E-state index < -0.39 is 12.6 Å². The highest BCUT2D eigenvalue weighted by atomic mass is 32.1. The van der Waals surface area contributed by atoms with Crippen LogP contribution in [0.1, 0.15) is 18.2 Å². The van der Waals surface area contributed by atoms with Gasteiger partial charge in [-0.1, -0.05) is 18.3 Å². The number of aryl methyl sites for hydroxylation is 1. The SMILES string of the molecule is CCN1CCN(c2sc(-c3[nH]nc(-c4cc(OC)c5ncnn5c4)c3CC(F)(F)F)nc2C)CC1. The molecule has 4 aromatic rings. The number of alkyl halides is 3. The average molecular weight is 507 g/mol. The molecule has 35 heavy (non-hydrogen) atoms. The number of methoxy groups -OCH3 is 1. The average Bonchev–Trinajstić information content (AvgIpc) is 3.55. The highest BCUT2D eigenvalue weighted by Gasteiger charge is 2.34. The van der Waals surface area contributed by atoms with Gasteiger partial charge in [-0.3, -0.25) is 5.10 Å². The van der Waals surface area contributed by atoms with E-state index in [1.807, 2.05) is 6.92 Å². The van der Waals surface area contributed by atoms with E-state index in [0.717, 1.165) is 43.4 Å². The Kier molecular flexibility index (Phi) is 6.13. The van der Waals surface area contributed by atoms with E-state index in [9.17, 15) is 13.2 Å². The number of anilines is 1. The van der Waals surface area contributed by atoms with Crippen LogP contribution in [0, 0.1) is 6.92 Å². The maximum Gasteiger partial charge on any atom is 0.393 e. The number of rotatable bonds is 6. The molecule has 1 N–H and O–H groups in total. The second kappa shape index (κ2) is 9.11. The molecule has 5 heterocycles. The van der Waals surface area contributed by atoms with Crippen LogP contribution in [0.15, 0.2) is 18.6 Å². The number of hydrogen-bond donors (Lipinski definition) is 1. The molecular formula is C22H25F3N8OS. The van der Waals surface area contributed by atoms with Crippen LogP contribution in [-0.4, -0.2) is 80.7 Å². The Labute approximate surface area is 203 Å². The lowest BCUT2D eigenvalue weighted by molar-refractivity contribution is -0.127. The number of H-pyrrole nitrogens is 1. The van der Waals surface area contributed by atoms with Crippen LogP contribution < -0.4 is 9.64 Å². The third-order valence-corrected chi connectivity index (χ3v) is 7.41. The number of halogens is 3. The van der Waals surface area contributed by atoms with Crippen molar-refractivity contribution in [2.75, 3.05) is 44.7 Å². The summed E-state index contributed by atoms with van der Waals surface area (Å²) in [6.45, 7) is 8.65. The second-order valence-corrected chi connectivity index (χ2v) is 9.35. The van der Waals surface area contributed by atoms with Crippen molar-refractivity contribution in [1.82, 2.24) is 34.7 Å². The van der Waals surface area contributed by atoms with Crippen LogP contribution >= 0.6 is 11.3 Å². The molecule has 0 aliphatic carbocycles. The Bertz CT molecular complexity index is 1340. The fourth-order valence-corrected chi connectivity index (χ4v) is 5.53. The quantitative estimate of drug-likeness (QED) is 0.426. The van der Waals surface area contributed by atoms with E-state index in [1.54, 1.807) is 12.3 Å². The van der Waals surface area contributed by atoms with Gasteiger partial charge < -0.3 is 14.5 Å². The van der Waals surface area contributed by atoms with Crippen molar-refractivity contribution in [3.05, 3.63) is 29.8 Å². The maximum absolute atomic E-state index is 13.7. The first-order valence-corrected chi connectivity index (χ1v) is 12.1. The number of nitrogens with one attached hydrogen (secondary N) is 1. The van der Waals surface area contributed by atoms with Gasteiger partial charge in [-0.25, -0.2) is 14.5 Å². The van der Waals surface area contributed by atoms with Crippen molar-refractivity contribution in [3.8, 4) is 27.7 Å². The minimum absolute atomic E-state index is 0.0371. The Morgan fingerprint density at radius 2 is 1.97 bits per heavy atom. The molecule has 0 unspecified atom stereocenters. The smallest absolute Gasteiger partial charge is 0.393 e. The van der Waals surface area contributed by atoms with E-state index in [0.29, 0.717) is 22.0 Å². The van der Waals surface area contributed by atoms with E-state index >= 15 is 0 Å². The summed E-state index contributed by atoms with van der Waals surface area (Å²) >= 11 is 1.39. The number of ether oxygens (including phenoxy) is 1. The summed E-state index contributed by atoms with van der Waals surface area (Å²) in [5.41, 5.74) is 2.20. The molecule has 0 spiro atoms. The largest absolute Gasteiger partial charge is 0.493 e. The molecule has 5 rings (SSSR count). The first-order chi connectivity index (χ1) is 16.8. The number of aromatic amines is 1. The van der Waals surface area contributed by atoms with Gasteiger partial charge in [0.1, 0.15) is 16.3 Å². The highest BCUT2D eigenvalue weighted by molar-refractivity contribution is 7.19. The minimum Gasteiger partial charge on any atom is -0.493 e. The molecule has 0 bridgehead atoms. The van der Waals surface area contributed by atoms with Gasteiger partial charge >= 0.3 is 6.18 Å². The molecule has 1 aliphatic heterocycles. The molecule has 0 radical (unpaired) electrons. The molecule has 9 nitrogen and oxygen atoms in total. The molecule has 4 aromatic heterocycles. The van der Waals surface area contributed by atoms with Crippen molar-refractivity contribution in [2.45, 2.75) is 26.4 Å². The molecule has 186 valence electrons. The molecule has 1 fully saturated rings. The predicted octanol–water partition coefficient (Wildman–Crippen LogP) is 3.81. The summed E-state index contributed by atoms with van der Waals surface area (Å²) in [6, 6.07) is 1.62. The highest BCUT2D eigenvalue weighted by Crippen LogP contribution is 2.40. The van der Waals surface area contributed by atoms with E-state index in [4.69, 9.17) is 4.74 Å². The van der Waals surface area contributed by atoms with Gasteiger partial charge in [-0.15, -0.1) is 0 Å². The van der Waals surface area contributed by atoms with Crippen LogP contribution in [0.2, 0.25) is 0 Å². The lowest BCUT2D eigenvalue weighted by Crippen LogP contribution is -2.46. The number of fused-ring (bicyclic) bond motifs is 1. The van der Waals surface area contributed by atoms with Crippen molar-refractivity contribution >= 4 is 22.0 Å². The number of pyridine rings is 1. The third-order valence-electron chi connectivity index (χ3n) is 6.17. The summed E-state index contributed by atoms with van der Waals surface area (Å²) in [6.07, 6.45) is -2.62. The molecule has 13 heteroatoms. The standard InChI is InChI=1S/C22H25F3N8OS/c1-4-31-5-7-32(8-6-31)21-13(2)28-20(35-21)18-15(10-22(23,24)25)17(29-30-18)14-9-16(34-3)19-26-12-27-33(19)11-14/h9,11-12H,4-8,10H2,1-3H3,(H,29,30). The molecular weight excluding hydrogens is 481 g/mol. The van der Waals surface area contributed by atoms with Crippen LogP contribution in [0.5, 0.6) is 5.75 Å². The fourth-order valence-electron chi connectivity index (χ4n) is 4.38. The lowest BCUT2D eigenvalue weighted by atomic mass is 10.0. The number of thiazole rings is 1. The predicted molar refractivity (Wildman–Crippen MR) is 127 cm³/mol. The molecule has 0 aromatic carbocycles. The van der Waals surface area contributed by atoms with Crippen molar-refractivity contribution in [1.29, 1.82) is 0 Å². The molecule has 1 saturated heterocycles. The number of nitrogens with zero attached hydrogens (tertiary/aromatic N) is 7. The number of likely N-dealkylation sites (N-methyl/N-ethyl adjacent to an activating group) is 1. The van der Waals surface area contributed by atoms with Crippen molar-refractivity contribution in [2.24, 2.45) is 0 Å². The van der Waals surface area contributed by atoms with Gasteiger partial charge in [0.05, 0.1) is 30.6 Å². The normalized spacial score (nSPS) is 15.3. The summed E-state index contributed by atoms with van der Waals surface area (Å²) in [7, 11) is 1.47. The zero-order chi connectivity index (χ0) is 24.7. The zero-order valence-corrected chi connectivity index (χ0v) is 20.4. The molecule has 0 amide bonds. The molecule has 0 atom stereocenters. The Balaban J connectivity index is 1.56. The van der Waals surface area contributed by atoms with E-state index in [-0.39, 0.29) is 17.0 Å². The van der Waals surface area contributed by atoms with Crippen LogP contribution in [0.4, 0.5) is 18.2 Å². The van der Waals surface area contributed by atoms with Crippen molar-refractivity contribution in [3.63, 3.8) is 0 Å². The first kappa shape index (κ1) is 23.5. The number of hydrogen-bond acceptors (Lipinski definition) is 8. The lowest BCUT2D eigenvalue weighted by Gasteiger charge is -2.34. The summed E-state index contributed by atoms with van der Waals surface area (Å²) < 4.78 is 47.9. The number of piperazine rings is 1. The second-order valence-electron chi connectivity index (χ2n) is 8.37. The fraction of sp³-hybridized carbons (Fsp3) is 0.455. The monoisotopic (exact) mass is 506 g/mol. The third kappa shape index (κ3) is 4.57. The summed E-state index contributed by atoms with van der Waals surface area (Å²) in [5, 5.41) is 12.7. The van der Waals surface area contributed by atoms with Gasteiger partial charge in [0.15, 0.2) is 11.4 Å². The summed E-state index contributed by atoms with van der Waals surface area (Å²) in [4.78, 5) is 13.4. The first-order valence-electron chi connectivity index (χ1n) is 11.2. The van der Waals surface area contributed by atoms with E-state index in [2.05, 4.69) is 42.0 Å². The van der Waals surface area contributed by atoms with Gasteiger partial charge in [0.25, 0.3) is 0 Å². The number of aromatic nitrogens is 6. The Hall–Kier alpha value is -3.19. The topological polar surface area (TPSA) is 87.5 Å². The molecule has 0 saturated carbocycles. The van der Waals surface area contributed by atoms with Crippen LogP contribution in [-0.2, 0) is 6.42 Å². The van der Waals surface area contributed by atoms with Gasteiger partial charge in [0.2, 0.25) is 0 Å². The van der Waals surface area contributed by atoms with Gasteiger partial charge in [-0.2, -0.15) is 23.4 Å². The zero-order valence-electron chi connectivity index (χ0n) is 19.6. The van der Waals surface area contributed by atoms with Crippen LogP contribution in [0.3, 0.4) is 0 Å². The molecule has 1 aliphatic rings. The minimum atomic E-state index is -4.43. The van der Waals surface area contributed by atoms with Gasteiger partial charge in [0, 0.05) is 43.5 Å². The van der Waals surface area contributed by atoms with Crippen molar-refractivity contribution < 1.29 is 17.9 Å². The van der Waals surface area contributed by atoms with Crippen LogP contribution in [0.25, 0.3) is 27.6 Å².